The second-order valence-corrected chi connectivity index (χ2v) is 10.5. The Morgan fingerprint density at radius 3 is 2.63 bits per heavy atom. The Labute approximate surface area is 166 Å². The second-order valence-electron chi connectivity index (χ2n) is 7.95. The van der Waals surface area contributed by atoms with Crippen LogP contribution in [0.4, 0.5) is 5.69 Å². The maximum atomic E-state index is 12.5. The maximum absolute atomic E-state index is 12.5. The SMILES string of the molecule is CN(C)S(=O)(=O)c1ccc(Cl)c(NC(=O)C[NH+]2CC[C@H]3CCCC[C@@H]3C2)c1. The van der Waals surface area contributed by atoms with Crippen molar-refractivity contribution in [1.29, 1.82) is 0 Å². The molecule has 2 fully saturated rings. The summed E-state index contributed by atoms with van der Waals surface area (Å²) in [6, 6.07) is 4.39. The van der Waals surface area contributed by atoms with Gasteiger partial charge < -0.3 is 10.2 Å². The molecule has 1 aliphatic heterocycles. The number of nitrogens with zero attached hydrogens (tertiary/aromatic N) is 1. The first-order chi connectivity index (χ1) is 12.8. The van der Waals surface area contributed by atoms with Crippen molar-refractivity contribution in [3.63, 3.8) is 0 Å². The standard InChI is InChI=1S/C19H28ClN3O3S/c1-22(2)27(25,26)16-7-8-17(20)18(11-16)21-19(24)13-23-10-9-14-5-3-4-6-15(14)12-23/h7-8,11,14-15H,3-6,9-10,12-13H2,1-2H3,(H,21,24)/p+1/t14-,15-/m1/s1. The summed E-state index contributed by atoms with van der Waals surface area (Å²) in [5, 5.41) is 3.14. The summed E-state index contributed by atoms with van der Waals surface area (Å²) in [6.07, 6.45) is 6.48. The van der Waals surface area contributed by atoms with Crippen molar-refractivity contribution in [3.05, 3.63) is 23.2 Å². The van der Waals surface area contributed by atoms with E-state index in [4.69, 9.17) is 11.6 Å². The minimum atomic E-state index is -3.57. The lowest BCUT2D eigenvalue weighted by atomic mass is 9.75. The highest BCUT2D eigenvalue weighted by Gasteiger charge is 2.34. The molecule has 1 saturated carbocycles. The largest absolute Gasteiger partial charge is 0.327 e. The van der Waals surface area contributed by atoms with Gasteiger partial charge in [0, 0.05) is 20.0 Å². The van der Waals surface area contributed by atoms with Gasteiger partial charge in [-0.15, -0.1) is 0 Å². The summed E-state index contributed by atoms with van der Waals surface area (Å²) in [4.78, 5) is 14.0. The number of fused-ring (bicyclic) bond motifs is 1. The Kier molecular flexibility index (Phi) is 6.46. The van der Waals surface area contributed by atoms with Crippen molar-refractivity contribution < 1.29 is 18.1 Å². The van der Waals surface area contributed by atoms with Crippen LogP contribution in [-0.2, 0) is 14.8 Å². The Balaban J connectivity index is 1.64. The number of hydrogen-bond donors (Lipinski definition) is 2. The van der Waals surface area contributed by atoms with Crippen LogP contribution in [0.25, 0.3) is 0 Å². The van der Waals surface area contributed by atoms with Crippen LogP contribution in [0.1, 0.15) is 32.1 Å². The zero-order valence-electron chi connectivity index (χ0n) is 16.0. The van der Waals surface area contributed by atoms with Gasteiger partial charge in [-0.1, -0.05) is 24.4 Å². The van der Waals surface area contributed by atoms with Gasteiger partial charge >= 0.3 is 0 Å². The van der Waals surface area contributed by atoms with Crippen molar-refractivity contribution in [2.75, 3.05) is 39.0 Å². The van der Waals surface area contributed by atoms with E-state index in [2.05, 4.69) is 5.32 Å². The predicted molar refractivity (Wildman–Crippen MR) is 107 cm³/mol. The minimum absolute atomic E-state index is 0.113. The van der Waals surface area contributed by atoms with E-state index in [1.807, 2.05) is 0 Å². The van der Waals surface area contributed by atoms with Gasteiger partial charge in [0.15, 0.2) is 6.54 Å². The average molecular weight is 415 g/mol. The average Bonchev–Trinajstić information content (AvgIpc) is 2.63. The molecule has 2 aliphatic rings. The molecular formula is C19H29ClN3O3S+. The molecule has 2 N–H and O–H groups in total. The molecule has 8 heteroatoms. The van der Waals surface area contributed by atoms with E-state index < -0.39 is 10.0 Å². The van der Waals surface area contributed by atoms with Crippen molar-refractivity contribution in [1.82, 2.24) is 4.31 Å². The van der Waals surface area contributed by atoms with E-state index in [0.717, 1.165) is 29.2 Å². The van der Waals surface area contributed by atoms with Gasteiger partial charge in [-0.05, 0) is 43.4 Å². The molecule has 1 amide bonds. The number of rotatable bonds is 5. The van der Waals surface area contributed by atoms with Crippen LogP contribution in [0, 0.1) is 11.8 Å². The lowest BCUT2D eigenvalue weighted by molar-refractivity contribution is -0.902. The number of benzene rings is 1. The molecule has 1 aromatic carbocycles. The molecule has 3 atom stereocenters. The third kappa shape index (κ3) is 4.83. The van der Waals surface area contributed by atoms with Gasteiger partial charge in [-0.3, -0.25) is 4.79 Å². The van der Waals surface area contributed by atoms with Crippen molar-refractivity contribution in [2.24, 2.45) is 11.8 Å². The Morgan fingerprint density at radius 1 is 1.22 bits per heavy atom. The van der Waals surface area contributed by atoms with Crippen LogP contribution in [0.5, 0.6) is 0 Å². The molecule has 1 heterocycles. The highest BCUT2D eigenvalue weighted by molar-refractivity contribution is 7.89. The summed E-state index contributed by atoms with van der Waals surface area (Å²) in [6.45, 7) is 2.47. The van der Waals surface area contributed by atoms with E-state index in [9.17, 15) is 13.2 Å². The third-order valence-corrected chi connectivity index (χ3v) is 8.03. The number of quaternary nitrogens is 1. The lowest BCUT2D eigenvalue weighted by Gasteiger charge is -2.38. The number of carbonyl (C=O) groups is 1. The zero-order valence-corrected chi connectivity index (χ0v) is 17.6. The second kappa shape index (κ2) is 8.47. The number of sulfonamides is 1. The van der Waals surface area contributed by atoms with Gasteiger partial charge in [0.05, 0.1) is 28.7 Å². The number of anilines is 1. The predicted octanol–water partition coefficient (Wildman–Crippen LogP) is 1.62. The van der Waals surface area contributed by atoms with Crippen LogP contribution in [0.15, 0.2) is 23.1 Å². The number of nitrogens with one attached hydrogen (secondary N) is 2. The summed E-state index contributed by atoms with van der Waals surface area (Å²) < 4.78 is 25.7. The first kappa shape index (κ1) is 20.6. The Hall–Kier alpha value is -1.15. The van der Waals surface area contributed by atoms with Crippen LogP contribution >= 0.6 is 11.6 Å². The van der Waals surface area contributed by atoms with Crippen LogP contribution in [0.2, 0.25) is 5.02 Å². The van der Waals surface area contributed by atoms with Gasteiger partial charge in [-0.25, -0.2) is 12.7 Å². The summed E-state index contributed by atoms with van der Waals surface area (Å²) in [5.74, 6) is 1.46. The highest BCUT2D eigenvalue weighted by atomic mass is 35.5. The fourth-order valence-corrected chi connectivity index (χ4v) is 5.44. The Bertz CT molecular complexity index is 797. The van der Waals surface area contributed by atoms with Crippen molar-refractivity contribution in [3.8, 4) is 0 Å². The maximum Gasteiger partial charge on any atom is 0.279 e. The Morgan fingerprint density at radius 2 is 1.93 bits per heavy atom. The van der Waals surface area contributed by atoms with E-state index in [1.54, 1.807) is 0 Å². The molecule has 0 bridgehead atoms. The normalized spacial score (nSPS) is 25.9. The quantitative estimate of drug-likeness (QED) is 0.769. The molecule has 150 valence electrons. The molecule has 27 heavy (non-hydrogen) atoms. The molecule has 1 unspecified atom stereocenters. The lowest BCUT2D eigenvalue weighted by Crippen LogP contribution is -3.15. The topological polar surface area (TPSA) is 70.9 Å². The molecule has 1 aliphatic carbocycles. The third-order valence-electron chi connectivity index (χ3n) is 5.89. The van der Waals surface area contributed by atoms with E-state index in [-0.39, 0.29) is 10.8 Å². The summed E-state index contributed by atoms with van der Waals surface area (Å²) in [7, 11) is -0.629. The molecule has 3 rings (SSSR count). The molecule has 0 spiro atoms. The van der Waals surface area contributed by atoms with Crippen LogP contribution in [0.3, 0.4) is 0 Å². The first-order valence-electron chi connectivity index (χ1n) is 9.63. The van der Waals surface area contributed by atoms with E-state index in [1.165, 1.54) is 69.3 Å². The monoisotopic (exact) mass is 414 g/mol. The van der Waals surface area contributed by atoms with Gasteiger partial charge in [0.1, 0.15) is 0 Å². The molecule has 1 aromatic rings. The molecule has 1 saturated heterocycles. The van der Waals surface area contributed by atoms with Gasteiger partial charge in [0.25, 0.3) is 5.91 Å². The number of halogens is 1. The minimum Gasteiger partial charge on any atom is -0.327 e. The molecular weight excluding hydrogens is 386 g/mol. The molecule has 6 nitrogen and oxygen atoms in total. The smallest absolute Gasteiger partial charge is 0.279 e. The van der Waals surface area contributed by atoms with Crippen molar-refractivity contribution in [2.45, 2.75) is 37.0 Å². The number of amides is 1. The highest BCUT2D eigenvalue weighted by Crippen LogP contribution is 2.32. The van der Waals surface area contributed by atoms with E-state index >= 15 is 0 Å². The number of piperidine rings is 1. The van der Waals surface area contributed by atoms with Gasteiger partial charge in [0.2, 0.25) is 10.0 Å². The van der Waals surface area contributed by atoms with Gasteiger partial charge in [-0.2, -0.15) is 0 Å². The number of carbonyl (C=O) groups excluding carboxylic acids is 1. The first-order valence-corrected chi connectivity index (χ1v) is 11.4. The fraction of sp³-hybridized carbons (Fsp3) is 0.632. The molecule has 0 radical (unpaired) electrons. The van der Waals surface area contributed by atoms with Crippen LogP contribution in [-0.4, -0.2) is 52.4 Å². The van der Waals surface area contributed by atoms with Crippen LogP contribution < -0.4 is 10.2 Å². The van der Waals surface area contributed by atoms with E-state index in [0.29, 0.717) is 17.3 Å². The number of likely N-dealkylation sites (tertiary alicyclic amines) is 1. The fourth-order valence-electron chi connectivity index (χ4n) is 4.35. The van der Waals surface area contributed by atoms with Crippen molar-refractivity contribution >= 4 is 33.2 Å². The summed E-state index contributed by atoms with van der Waals surface area (Å²) in [5.41, 5.74) is 0.344. The zero-order chi connectivity index (χ0) is 19.6. The molecule has 0 aromatic heterocycles. The number of hydrogen-bond acceptors (Lipinski definition) is 3. The summed E-state index contributed by atoms with van der Waals surface area (Å²) >= 11 is 6.17.